The van der Waals surface area contributed by atoms with Gasteiger partial charge in [-0.25, -0.2) is 0 Å². The number of amides is 2. The maximum absolute atomic E-state index is 12.4. The van der Waals surface area contributed by atoms with E-state index in [0.29, 0.717) is 32.2 Å². The summed E-state index contributed by atoms with van der Waals surface area (Å²) in [4.78, 5) is 25.9. The van der Waals surface area contributed by atoms with E-state index < -0.39 is 0 Å². The summed E-state index contributed by atoms with van der Waals surface area (Å²) in [6.45, 7) is 3.70. The van der Waals surface area contributed by atoms with Crippen LogP contribution in [0.2, 0.25) is 0 Å². The lowest BCUT2D eigenvalue weighted by molar-refractivity contribution is -0.128. The van der Waals surface area contributed by atoms with Gasteiger partial charge in [0, 0.05) is 25.2 Å². The second kappa shape index (κ2) is 8.48. The fourth-order valence-electron chi connectivity index (χ4n) is 3.68. The summed E-state index contributed by atoms with van der Waals surface area (Å²) in [6.07, 6.45) is 6.83. The monoisotopic (exact) mass is 344 g/mol. The number of hydrogen-bond donors (Lipinski definition) is 1. The third-order valence-corrected chi connectivity index (χ3v) is 5.20. The van der Waals surface area contributed by atoms with Crippen molar-refractivity contribution < 1.29 is 14.3 Å². The molecule has 2 fully saturated rings. The van der Waals surface area contributed by atoms with Gasteiger partial charge in [-0.3, -0.25) is 9.59 Å². The quantitative estimate of drug-likeness (QED) is 0.861. The Bertz CT molecular complexity index is 611. The molecule has 1 saturated carbocycles. The summed E-state index contributed by atoms with van der Waals surface area (Å²) in [5, 5.41) is 2.95. The Morgan fingerprint density at radius 3 is 2.80 bits per heavy atom. The van der Waals surface area contributed by atoms with Gasteiger partial charge in [-0.15, -0.1) is 0 Å². The van der Waals surface area contributed by atoms with Crippen molar-refractivity contribution >= 4 is 17.5 Å². The van der Waals surface area contributed by atoms with Crippen molar-refractivity contribution in [1.29, 1.82) is 0 Å². The van der Waals surface area contributed by atoms with Crippen molar-refractivity contribution in [3.05, 3.63) is 29.8 Å². The van der Waals surface area contributed by atoms with Gasteiger partial charge in [0.1, 0.15) is 0 Å². The largest absolute Gasteiger partial charge is 0.374 e. The molecule has 2 aliphatic rings. The van der Waals surface area contributed by atoms with Crippen LogP contribution in [0.1, 0.15) is 51.0 Å². The van der Waals surface area contributed by atoms with Gasteiger partial charge in [-0.1, -0.05) is 31.4 Å². The van der Waals surface area contributed by atoms with E-state index in [1.165, 1.54) is 19.3 Å². The lowest BCUT2D eigenvalue weighted by Gasteiger charge is -2.22. The molecule has 5 nitrogen and oxygen atoms in total. The highest BCUT2D eigenvalue weighted by Gasteiger charge is 2.33. The summed E-state index contributed by atoms with van der Waals surface area (Å²) in [7, 11) is 0. The minimum Gasteiger partial charge on any atom is -0.374 e. The minimum atomic E-state index is -0.255. The molecule has 0 aromatic heterocycles. The molecule has 3 rings (SSSR count). The van der Waals surface area contributed by atoms with E-state index in [9.17, 15) is 9.59 Å². The highest BCUT2D eigenvalue weighted by molar-refractivity contribution is 5.97. The molecular weight excluding hydrogens is 316 g/mol. The highest BCUT2D eigenvalue weighted by Crippen LogP contribution is 2.23. The third kappa shape index (κ3) is 4.82. The molecule has 1 aromatic rings. The predicted octanol–water partition coefficient (Wildman–Crippen LogP) is 3.34. The smallest absolute Gasteiger partial charge is 0.229 e. The molecule has 1 heterocycles. The van der Waals surface area contributed by atoms with Crippen LogP contribution in [-0.4, -0.2) is 35.9 Å². The zero-order chi connectivity index (χ0) is 17.6. The third-order valence-electron chi connectivity index (χ3n) is 5.20. The first-order valence-corrected chi connectivity index (χ1v) is 9.45. The van der Waals surface area contributed by atoms with Gasteiger partial charge in [-0.2, -0.15) is 0 Å². The average Bonchev–Trinajstić information content (AvgIpc) is 3.02. The molecular formula is C20H28N2O3. The summed E-state index contributed by atoms with van der Waals surface area (Å²) in [6, 6.07) is 7.81. The molecule has 0 spiro atoms. The standard InChI is InChI=1S/C20H28N2O3/c1-2-22-13-16(12-19(22)23)20(24)21-17-8-6-7-15(11-17)14-25-18-9-4-3-5-10-18/h6-8,11,16,18H,2-5,9-10,12-14H2,1H3,(H,21,24). The van der Waals surface area contributed by atoms with E-state index in [0.717, 1.165) is 24.1 Å². The average molecular weight is 344 g/mol. The second-order valence-corrected chi connectivity index (χ2v) is 7.09. The Labute approximate surface area is 149 Å². The Morgan fingerprint density at radius 1 is 1.28 bits per heavy atom. The summed E-state index contributed by atoms with van der Waals surface area (Å²) < 4.78 is 6.01. The van der Waals surface area contributed by atoms with Gasteiger partial charge in [-0.05, 0) is 37.5 Å². The number of hydrogen-bond acceptors (Lipinski definition) is 3. The van der Waals surface area contributed by atoms with Crippen molar-refractivity contribution in [1.82, 2.24) is 4.90 Å². The van der Waals surface area contributed by atoms with Crippen LogP contribution in [0.3, 0.4) is 0 Å². The number of nitrogens with one attached hydrogen (secondary N) is 1. The first kappa shape index (κ1) is 17.9. The lowest BCUT2D eigenvalue weighted by Crippen LogP contribution is -2.28. The van der Waals surface area contributed by atoms with Crippen LogP contribution in [0.15, 0.2) is 24.3 Å². The number of ether oxygens (including phenoxy) is 1. The predicted molar refractivity (Wildman–Crippen MR) is 97.1 cm³/mol. The molecule has 5 heteroatoms. The number of nitrogens with zero attached hydrogens (tertiary/aromatic N) is 1. The number of carbonyl (C=O) groups excluding carboxylic acids is 2. The molecule has 1 unspecified atom stereocenters. The maximum Gasteiger partial charge on any atom is 0.229 e. The Morgan fingerprint density at radius 2 is 2.08 bits per heavy atom. The normalized spacial score (nSPS) is 21.6. The first-order chi connectivity index (χ1) is 12.2. The van der Waals surface area contributed by atoms with Crippen molar-refractivity contribution in [2.75, 3.05) is 18.4 Å². The molecule has 136 valence electrons. The van der Waals surface area contributed by atoms with Crippen LogP contribution in [0.5, 0.6) is 0 Å². The Hall–Kier alpha value is -1.88. The van der Waals surface area contributed by atoms with Crippen molar-refractivity contribution in [3.63, 3.8) is 0 Å². The van der Waals surface area contributed by atoms with Gasteiger partial charge in [0.05, 0.1) is 18.6 Å². The molecule has 0 bridgehead atoms. The number of carbonyl (C=O) groups is 2. The van der Waals surface area contributed by atoms with Crippen LogP contribution in [-0.2, 0) is 20.9 Å². The number of benzene rings is 1. The molecule has 2 amide bonds. The lowest BCUT2D eigenvalue weighted by atomic mass is 9.98. The van der Waals surface area contributed by atoms with Crippen molar-refractivity contribution in [2.45, 2.75) is 58.2 Å². The molecule has 1 aliphatic carbocycles. The van der Waals surface area contributed by atoms with E-state index in [4.69, 9.17) is 4.74 Å². The molecule has 1 atom stereocenters. The molecule has 1 aliphatic heterocycles. The van der Waals surface area contributed by atoms with Gasteiger partial charge >= 0.3 is 0 Å². The number of anilines is 1. The van der Waals surface area contributed by atoms with E-state index in [1.54, 1.807) is 4.90 Å². The zero-order valence-corrected chi connectivity index (χ0v) is 15.0. The van der Waals surface area contributed by atoms with Crippen molar-refractivity contribution in [3.8, 4) is 0 Å². The van der Waals surface area contributed by atoms with Gasteiger partial charge in [0.2, 0.25) is 11.8 Å². The number of rotatable bonds is 6. The topological polar surface area (TPSA) is 58.6 Å². The van der Waals surface area contributed by atoms with Crippen LogP contribution >= 0.6 is 0 Å². The number of likely N-dealkylation sites (tertiary alicyclic amines) is 1. The molecule has 1 aromatic carbocycles. The van der Waals surface area contributed by atoms with E-state index in [1.807, 2.05) is 31.2 Å². The maximum atomic E-state index is 12.4. The van der Waals surface area contributed by atoms with E-state index in [-0.39, 0.29) is 17.7 Å². The molecule has 1 saturated heterocycles. The van der Waals surface area contributed by atoms with Gasteiger partial charge < -0.3 is 15.0 Å². The van der Waals surface area contributed by atoms with Crippen LogP contribution in [0.4, 0.5) is 5.69 Å². The van der Waals surface area contributed by atoms with Crippen LogP contribution in [0.25, 0.3) is 0 Å². The second-order valence-electron chi connectivity index (χ2n) is 7.09. The Kier molecular flexibility index (Phi) is 6.08. The minimum absolute atomic E-state index is 0.0669. The highest BCUT2D eigenvalue weighted by atomic mass is 16.5. The van der Waals surface area contributed by atoms with Crippen LogP contribution in [0, 0.1) is 5.92 Å². The molecule has 1 N–H and O–H groups in total. The summed E-state index contributed by atoms with van der Waals surface area (Å²) in [5.41, 5.74) is 1.85. The van der Waals surface area contributed by atoms with Crippen molar-refractivity contribution in [2.24, 2.45) is 5.92 Å². The van der Waals surface area contributed by atoms with Crippen LogP contribution < -0.4 is 5.32 Å². The van der Waals surface area contributed by atoms with Gasteiger partial charge in [0.15, 0.2) is 0 Å². The van der Waals surface area contributed by atoms with Gasteiger partial charge in [0.25, 0.3) is 0 Å². The fraction of sp³-hybridized carbons (Fsp3) is 0.600. The fourth-order valence-corrected chi connectivity index (χ4v) is 3.68. The molecule has 0 radical (unpaired) electrons. The SMILES string of the molecule is CCN1CC(C(=O)Nc2cccc(COC3CCCCC3)c2)CC1=O. The van der Waals surface area contributed by atoms with E-state index in [2.05, 4.69) is 5.32 Å². The van der Waals surface area contributed by atoms with E-state index >= 15 is 0 Å². The Balaban J connectivity index is 1.52. The summed E-state index contributed by atoms with van der Waals surface area (Å²) in [5.74, 6) is -0.262. The first-order valence-electron chi connectivity index (χ1n) is 9.45. The molecule has 25 heavy (non-hydrogen) atoms. The summed E-state index contributed by atoms with van der Waals surface area (Å²) >= 11 is 0. The zero-order valence-electron chi connectivity index (χ0n) is 15.0.